The summed E-state index contributed by atoms with van der Waals surface area (Å²) in [6, 6.07) is 10.2. The van der Waals surface area contributed by atoms with Crippen molar-refractivity contribution in [2.75, 3.05) is 67.0 Å². The highest BCUT2D eigenvalue weighted by molar-refractivity contribution is 5.86. The maximum absolute atomic E-state index is 13.6. The van der Waals surface area contributed by atoms with Crippen molar-refractivity contribution in [1.29, 1.82) is 0 Å². The number of rotatable bonds is 9. The highest BCUT2D eigenvalue weighted by atomic mass is 35.5. The van der Waals surface area contributed by atoms with Crippen LogP contribution in [0.15, 0.2) is 48.5 Å². The fourth-order valence-corrected chi connectivity index (χ4v) is 4.51. The zero-order chi connectivity index (χ0) is 28.1. The van der Waals surface area contributed by atoms with Gasteiger partial charge in [0, 0.05) is 52.9 Å². The minimum atomic E-state index is -4.91. The second-order valence-corrected chi connectivity index (χ2v) is 9.92. The molecule has 14 heteroatoms. The Bertz CT molecular complexity index is 1030. The van der Waals surface area contributed by atoms with Gasteiger partial charge >= 0.3 is 12.4 Å². The molecule has 234 valence electrons. The van der Waals surface area contributed by atoms with E-state index in [-0.39, 0.29) is 67.7 Å². The van der Waals surface area contributed by atoms with Crippen LogP contribution < -0.4 is 0 Å². The van der Waals surface area contributed by atoms with Crippen molar-refractivity contribution in [3.05, 3.63) is 70.8 Å². The van der Waals surface area contributed by atoms with E-state index in [1.807, 2.05) is 44.4 Å². The van der Waals surface area contributed by atoms with Crippen molar-refractivity contribution in [2.24, 2.45) is 0 Å². The van der Waals surface area contributed by atoms with Gasteiger partial charge in [-0.25, -0.2) is 0 Å². The average molecular weight is 654 g/mol. The molecule has 0 aromatic heterocycles. The third kappa shape index (κ3) is 11.4. The minimum absolute atomic E-state index is 0. The zero-order valence-electron chi connectivity index (χ0n) is 23.0. The molecule has 0 N–H and O–H groups in total. The number of carbonyl (C=O) groups is 1. The van der Waals surface area contributed by atoms with Crippen LogP contribution in [0.2, 0.25) is 0 Å². The fourth-order valence-electron chi connectivity index (χ4n) is 4.51. The topological polar surface area (TPSA) is 30.0 Å². The van der Waals surface area contributed by atoms with E-state index < -0.39 is 29.5 Å². The quantitative estimate of drug-likeness (QED) is 0.315. The first kappa shape index (κ1) is 39.2. The van der Waals surface area contributed by atoms with Gasteiger partial charge in [0.2, 0.25) is 5.91 Å². The number of benzene rings is 2. The molecule has 0 spiro atoms. The monoisotopic (exact) mass is 652 g/mol. The van der Waals surface area contributed by atoms with Crippen LogP contribution >= 0.6 is 37.2 Å². The molecule has 1 atom stereocenters. The van der Waals surface area contributed by atoms with E-state index in [1.54, 1.807) is 0 Å². The Morgan fingerprint density at radius 3 is 1.78 bits per heavy atom. The fraction of sp³-hybridized carbons (Fsp3) is 0.519. The predicted octanol–water partition coefficient (Wildman–Crippen LogP) is 5.91. The summed E-state index contributed by atoms with van der Waals surface area (Å²) in [7, 11) is 5.56. The standard InChI is InChI=1S/C27H34F6N4O.3ClH/c1-34(2)11-12-36-13-15-37(16-14-36)24(21-7-5-4-6-8-21)25(38)35(3)10-9-20-17-22(26(28,29)30)19-23(18-20)27(31,32)33;;;/h4-8,17-19,24H,9-16H2,1-3H3;3*1H. The minimum Gasteiger partial charge on any atom is -0.344 e. The summed E-state index contributed by atoms with van der Waals surface area (Å²) in [5.74, 6) is -0.249. The summed E-state index contributed by atoms with van der Waals surface area (Å²) in [5, 5.41) is 0. The lowest BCUT2D eigenvalue weighted by Gasteiger charge is -2.40. The van der Waals surface area contributed by atoms with Gasteiger partial charge in [-0.15, -0.1) is 37.2 Å². The Hall–Kier alpha value is -1.76. The van der Waals surface area contributed by atoms with E-state index in [4.69, 9.17) is 0 Å². The van der Waals surface area contributed by atoms with Crippen molar-refractivity contribution < 1.29 is 31.1 Å². The highest BCUT2D eigenvalue weighted by Crippen LogP contribution is 2.36. The largest absolute Gasteiger partial charge is 0.416 e. The lowest BCUT2D eigenvalue weighted by molar-refractivity contribution is -0.143. The lowest BCUT2D eigenvalue weighted by atomic mass is 10.0. The van der Waals surface area contributed by atoms with Gasteiger partial charge in [-0.05, 0) is 49.8 Å². The number of nitrogens with zero attached hydrogens (tertiary/aromatic N) is 4. The number of hydrogen-bond acceptors (Lipinski definition) is 4. The first-order valence-corrected chi connectivity index (χ1v) is 12.4. The van der Waals surface area contributed by atoms with E-state index in [0.29, 0.717) is 13.1 Å². The number of hydrogen-bond donors (Lipinski definition) is 0. The van der Waals surface area contributed by atoms with Crippen LogP contribution in [0.4, 0.5) is 26.3 Å². The summed E-state index contributed by atoms with van der Waals surface area (Å²) in [5.41, 5.74) is -2.04. The third-order valence-corrected chi connectivity index (χ3v) is 6.74. The van der Waals surface area contributed by atoms with Crippen molar-refractivity contribution in [3.63, 3.8) is 0 Å². The zero-order valence-corrected chi connectivity index (χ0v) is 25.5. The van der Waals surface area contributed by atoms with Crippen LogP contribution in [-0.2, 0) is 23.6 Å². The van der Waals surface area contributed by atoms with Gasteiger partial charge in [-0.3, -0.25) is 14.6 Å². The molecule has 0 bridgehead atoms. The van der Waals surface area contributed by atoms with Gasteiger partial charge in [0.05, 0.1) is 11.1 Å². The number of piperazine rings is 1. The van der Waals surface area contributed by atoms with E-state index in [1.165, 1.54) is 11.9 Å². The molecule has 5 nitrogen and oxygen atoms in total. The molecular formula is C27H37Cl3F6N4O. The van der Waals surface area contributed by atoms with E-state index >= 15 is 0 Å². The van der Waals surface area contributed by atoms with Gasteiger partial charge in [0.1, 0.15) is 6.04 Å². The lowest BCUT2D eigenvalue weighted by Crippen LogP contribution is -2.52. The summed E-state index contributed by atoms with van der Waals surface area (Å²) in [6.45, 7) is 4.72. The Balaban J connectivity index is 0.00000533. The summed E-state index contributed by atoms with van der Waals surface area (Å²) in [6.07, 6.45) is -9.97. The molecule has 0 aliphatic carbocycles. The molecule has 2 aromatic carbocycles. The summed E-state index contributed by atoms with van der Waals surface area (Å²) >= 11 is 0. The molecule has 3 rings (SSSR count). The van der Waals surface area contributed by atoms with Crippen molar-refractivity contribution >= 4 is 43.1 Å². The maximum Gasteiger partial charge on any atom is 0.416 e. The molecule has 41 heavy (non-hydrogen) atoms. The van der Waals surface area contributed by atoms with Gasteiger partial charge < -0.3 is 9.80 Å². The molecule has 1 aliphatic rings. The molecule has 1 fully saturated rings. The Kier molecular flexibility index (Phi) is 16.0. The average Bonchev–Trinajstić information content (AvgIpc) is 2.86. The highest BCUT2D eigenvalue weighted by Gasteiger charge is 2.37. The second kappa shape index (κ2) is 16.8. The maximum atomic E-state index is 13.6. The number of alkyl halides is 6. The van der Waals surface area contributed by atoms with Crippen molar-refractivity contribution in [1.82, 2.24) is 19.6 Å². The summed E-state index contributed by atoms with van der Waals surface area (Å²) < 4.78 is 79.4. The number of amides is 1. The van der Waals surface area contributed by atoms with E-state index in [0.717, 1.165) is 43.9 Å². The van der Waals surface area contributed by atoms with E-state index in [2.05, 4.69) is 14.7 Å². The van der Waals surface area contributed by atoms with Crippen molar-refractivity contribution in [2.45, 2.75) is 24.8 Å². The van der Waals surface area contributed by atoms with Crippen LogP contribution in [0.5, 0.6) is 0 Å². The molecule has 0 saturated carbocycles. The van der Waals surface area contributed by atoms with E-state index in [9.17, 15) is 31.1 Å². The smallest absolute Gasteiger partial charge is 0.344 e. The first-order chi connectivity index (χ1) is 17.8. The SMILES string of the molecule is CN(C)CCN1CCN(C(C(=O)N(C)CCc2cc(C(F)(F)F)cc(C(F)(F)F)c2)c2ccccc2)CC1.Cl.Cl.Cl. The first-order valence-electron chi connectivity index (χ1n) is 12.4. The molecule has 1 amide bonds. The molecule has 1 aliphatic heterocycles. The van der Waals surface area contributed by atoms with Gasteiger partial charge in [0.15, 0.2) is 0 Å². The Morgan fingerprint density at radius 2 is 1.32 bits per heavy atom. The van der Waals surface area contributed by atoms with Crippen molar-refractivity contribution in [3.8, 4) is 0 Å². The number of carbonyl (C=O) groups excluding carboxylic acids is 1. The van der Waals surface area contributed by atoms with Crippen LogP contribution in [0.1, 0.15) is 28.3 Å². The Morgan fingerprint density at radius 1 is 0.805 bits per heavy atom. The van der Waals surface area contributed by atoms with Crippen LogP contribution in [0.3, 0.4) is 0 Å². The molecule has 0 radical (unpaired) electrons. The summed E-state index contributed by atoms with van der Waals surface area (Å²) in [4.78, 5) is 21.5. The second-order valence-electron chi connectivity index (χ2n) is 9.92. The van der Waals surface area contributed by atoms with Crippen LogP contribution in [0.25, 0.3) is 0 Å². The molecular weight excluding hydrogens is 617 g/mol. The van der Waals surface area contributed by atoms with Gasteiger partial charge in [0.25, 0.3) is 0 Å². The number of likely N-dealkylation sites (N-methyl/N-ethyl adjacent to an activating group) is 2. The molecule has 1 heterocycles. The number of halogens is 9. The molecule has 1 saturated heterocycles. The van der Waals surface area contributed by atoms with Gasteiger partial charge in [-0.1, -0.05) is 30.3 Å². The molecule has 1 unspecified atom stereocenters. The third-order valence-electron chi connectivity index (χ3n) is 6.74. The van der Waals surface area contributed by atoms with Crippen LogP contribution in [0, 0.1) is 0 Å². The predicted molar refractivity (Wildman–Crippen MR) is 155 cm³/mol. The molecule has 2 aromatic rings. The normalized spacial score (nSPS) is 15.4. The van der Waals surface area contributed by atoms with Crippen LogP contribution in [-0.4, -0.2) is 92.5 Å². The Labute approximate surface area is 256 Å². The van der Waals surface area contributed by atoms with Gasteiger partial charge in [-0.2, -0.15) is 26.3 Å².